The lowest BCUT2D eigenvalue weighted by Gasteiger charge is -2.19. The molecular formula is C19H17ClFN3O. The van der Waals surface area contributed by atoms with Crippen LogP contribution in [-0.4, -0.2) is 15.5 Å². The van der Waals surface area contributed by atoms with Gasteiger partial charge < -0.3 is 9.88 Å². The molecule has 6 heteroatoms. The Morgan fingerprint density at radius 1 is 1.28 bits per heavy atom. The highest BCUT2D eigenvalue weighted by atomic mass is 35.5. The predicted octanol–water partition coefficient (Wildman–Crippen LogP) is 3.66. The molecule has 0 saturated heterocycles. The third-order valence-corrected chi connectivity index (χ3v) is 4.13. The molecule has 3 rings (SSSR count). The van der Waals surface area contributed by atoms with Gasteiger partial charge in [0.25, 0.3) is 0 Å². The fourth-order valence-corrected chi connectivity index (χ4v) is 2.78. The minimum Gasteiger partial charge on any atom is -0.342 e. The van der Waals surface area contributed by atoms with Crippen LogP contribution in [0.5, 0.6) is 0 Å². The largest absolute Gasteiger partial charge is 0.342 e. The number of aryl methyl sites for hydroxylation is 1. The maximum atomic E-state index is 13.3. The maximum Gasteiger partial charge on any atom is 0.225 e. The molecule has 0 bridgehead atoms. The smallest absolute Gasteiger partial charge is 0.225 e. The molecule has 0 aliphatic carbocycles. The number of hydrogen-bond acceptors (Lipinski definition) is 2. The third kappa shape index (κ3) is 4.25. The molecule has 0 radical (unpaired) electrons. The molecule has 0 spiro atoms. The number of nitrogens with zero attached hydrogens (tertiary/aromatic N) is 2. The Bertz CT molecular complexity index is 876. The van der Waals surface area contributed by atoms with Gasteiger partial charge in [0.05, 0.1) is 6.42 Å². The summed E-state index contributed by atoms with van der Waals surface area (Å²) in [6.07, 6.45) is 3.58. The zero-order valence-corrected chi connectivity index (χ0v) is 14.4. The number of benzene rings is 2. The summed E-state index contributed by atoms with van der Waals surface area (Å²) in [6.45, 7) is 0. The number of nitrogens with one attached hydrogen (secondary N) is 1. The molecule has 2 aromatic carbocycles. The summed E-state index contributed by atoms with van der Waals surface area (Å²) in [6, 6.07) is 12.8. The second kappa shape index (κ2) is 7.49. The Morgan fingerprint density at radius 3 is 2.68 bits per heavy atom. The summed E-state index contributed by atoms with van der Waals surface area (Å²) in [5, 5.41) is 3.60. The van der Waals surface area contributed by atoms with E-state index in [9.17, 15) is 9.18 Å². The van der Waals surface area contributed by atoms with Gasteiger partial charge in [-0.3, -0.25) is 4.79 Å². The first kappa shape index (κ1) is 17.2. The van der Waals surface area contributed by atoms with E-state index < -0.39 is 6.04 Å². The topological polar surface area (TPSA) is 46.9 Å². The number of hydrogen-bond donors (Lipinski definition) is 1. The van der Waals surface area contributed by atoms with Crippen LogP contribution in [0.2, 0.25) is 5.02 Å². The summed E-state index contributed by atoms with van der Waals surface area (Å²) < 4.78 is 15.2. The van der Waals surface area contributed by atoms with Crippen molar-refractivity contribution in [2.75, 3.05) is 0 Å². The Kier molecular flexibility index (Phi) is 5.14. The van der Waals surface area contributed by atoms with Crippen LogP contribution in [0.15, 0.2) is 60.9 Å². The van der Waals surface area contributed by atoms with Crippen LogP contribution in [0.1, 0.15) is 23.0 Å². The number of carbonyl (C=O) groups excluding carboxylic acids is 1. The van der Waals surface area contributed by atoms with Crippen molar-refractivity contribution in [3.63, 3.8) is 0 Å². The van der Waals surface area contributed by atoms with Crippen molar-refractivity contribution in [1.29, 1.82) is 0 Å². The molecular weight excluding hydrogens is 341 g/mol. The van der Waals surface area contributed by atoms with Crippen molar-refractivity contribution < 1.29 is 9.18 Å². The molecule has 0 unspecified atom stereocenters. The fourth-order valence-electron chi connectivity index (χ4n) is 2.65. The van der Waals surface area contributed by atoms with E-state index in [4.69, 9.17) is 11.6 Å². The van der Waals surface area contributed by atoms with Gasteiger partial charge in [-0.1, -0.05) is 35.9 Å². The van der Waals surface area contributed by atoms with Gasteiger partial charge in [0.1, 0.15) is 17.7 Å². The molecule has 25 heavy (non-hydrogen) atoms. The van der Waals surface area contributed by atoms with E-state index in [1.807, 2.05) is 29.9 Å². The van der Waals surface area contributed by atoms with E-state index >= 15 is 0 Å². The van der Waals surface area contributed by atoms with Gasteiger partial charge in [-0.2, -0.15) is 0 Å². The highest BCUT2D eigenvalue weighted by Gasteiger charge is 2.20. The molecule has 0 fully saturated rings. The van der Waals surface area contributed by atoms with E-state index in [0.29, 0.717) is 16.4 Å². The normalized spacial score (nSPS) is 12.0. The number of imidazole rings is 1. The van der Waals surface area contributed by atoms with Crippen molar-refractivity contribution in [3.05, 3.63) is 88.7 Å². The van der Waals surface area contributed by atoms with Crippen molar-refractivity contribution in [1.82, 2.24) is 14.9 Å². The maximum absolute atomic E-state index is 13.3. The van der Waals surface area contributed by atoms with Crippen LogP contribution in [0, 0.1) is 5.82 Å². The van der Waals surface area contributed by atoms with Crippen molar-refractivity contribution in [2.24, 2.45) is 7.05 Å². The average Bonchev–Trinajstić information content (AvgIpc) is 2.99. The Balaban J connectivity index is 1.83. The molecule has 4 nitrogen and oxygen atoms in total. The summed E-state index contributed by atoms with van der Waals surface area (Å²) in [5.74, 6) is 0.132. The lowest BCUT2D eigenvalue weighted by Crippen LogP contribution is -2.32. The first-order valence-electron chi connectivity index (χ1n) is 7.79. The highest BCUT2D eigenvalue weighted by molar-refractivity contribution is 6.30. The minimum atomic E-state index is -0.418. The molecule has 0 saturated carbocycles. The Labute approximate surface area is 150 Å². The van der Waals surface area contributed by atoms with Gasteiger partial charge in [-0.15, -0.1) is 0 Å². The molecule has 0 aliphatic rings. The van der Waals surface area contributed by atoms with Gasteiger partial charge in [-0.05, 0) is 35.4 Å². The van der Waals surface area contributed by atoms with Crippen LogP contribution >= 0.6 is 11.6 Å². The molecule has 128 valence electrons. The van der Waals surface area contributed by atoms with Gasteiger partial charge in [0, 0.05) is 24.5 Å². The number of aromatic nitrogens is 2. The zero-order valence-electron chi connectivity index (χ0n) is 13.6. The standard InChI is InChI=1S/C19H17ClFN3O/c1-24-10-9-22-19(24)18(14-5-7-15(20)8-6-14)23-17(25)12-13-3-2-4-16(21)11-13/h2-11,18H,12H2,1H3,(H,23,25)/t18-/m0/s1. The summed E-state index contributed by atoms with van der Waals surface area (Å²) in [5.41, 5.74) is 1.48. The van der Waals surface area contributed by atoms with Gasteiger partial charge in [0.15, 0.2) is 0 Å². The lowest BCUT2D eigenvalue weighted by atomic mass is 10.1. The monoisotopic (exact) mass is 357 g/mol. The molecule has 3 aromatic rings. The van der Waals surface area contributed by atoms with Gasteiger partial charge >= 0.3 is 0 Å². The predicted molar refractivity (Wildman–Crippen MR) is 94.7 cm³/mol. The SMILES string of the molecule is Cn1ccnc1[C@@H](NC(=O)Cc1cccc(F)c1)c1ccc(Cl)cc1. The van der Waals surface area contributed by atoms with Crippen LogP contribution in [0.3, 0.4) is 0 Å². The summed E-state index contributed by atoms with van der Waals surface area (Å²) >= 11 is 5.96. The zero-order chi connectivity index (χ0) is 17.8. The van der Waals surface area contributed by atoms with Crippen molar-refractivity contribution >= 4 is 17.5 Å². The van der Waals surface area contributed by atoms with E-state index in [1.54, 1.807) is 30.5 Å². The Hall–Kier alpha value is -2.66. The molecule has 1 N–H and O–H groups in total. The Morgan fingerprint density at radius 2 is 2.04 bits per heavy atom. The van der Waals surface area contributed by atoms with Gasteiger partial charge in [0.2, 0.25) is 5.91 Å². The summed E-state index contributed by atoms with van der Waals surface area (Å²) in [4.78, 5) is 16.8. The lowest BCUT2D eigenvalue weighted by molar-refractivity contribution is -0.121. The van der Waals surface area contributed by atoms with Crippen molar-refractivity contribution in [2.45, 2.75) is 12.5 Å². The number of carbonyl (C=O) groups is 1. The second-order valence-corrected chi connectivity index (χ2v) is 6.19. The first-order chi connectivity index (χ1) is 12.0. The highest BCUT2D eigenvalue weighted by Crippen LogP contribution is 2.22. The number of halogens is 2. The summed E-state index contributed by atoms with van der Waals surface area (Å²) in [7, 11) is 1.87. The molecule has 1 aromatic heterocycles. The number of rotatable bonds is 5. The van der Waals surface area contributed by atoms with E-state index in [-0.39, 0.29) is 18.1 Å². The van der Waals surface area contributed by atoms with E-state index in [2.05, 4.69) is 10.3 Å². The first-order valence-corrected chi connectivity index (χ1v) is 8.17. The van der Waals surface area contributed by atoms with Gasteiger partial charge in [-0.25, -0.2) is 9.37 Å². The molecule has 1 atom stereocenters. The molecule has 0 aliphatic heterocycles. The number of amides is 1. The van der Waals surface area contributed by atoms with Crippen LogP contribution < -0.4 is 5.32 Å². The van der Waals surface area contributed by atoms with Crippen LogP contribution in [0.25, 0.3) is 0 Å². The minimum absolute atomic E-state index is 0.0896. The van der Waals surface area contributed by atoms with Crippen molar-refractivity contribution in [3.8, 4) is 0 Å². The fraction of sp³-hybridized carbons (Fsp3) is 0.158. The quantitative estimate of drug-likeness (QED) is 0.757. The molecule has 1 heterocycles. The average molecular weight is 358 g/mol. The second-order valence-electron chi connectivity index (χ2n) is 5.76. The van der Waals surface area contributed by atoms with E-state index in [1.165, 1.54) is 12.1 Å². The van der Waals surface area contributed by atoms with E-state index in [0.717, 1.165) is 5.56 Å². The van der Waals surface area contributed by atoms with Crippen LogP contribution in [-0.2, 0) is 18.3 Å². The van der Waals surface area contributed by atoms with Crippen LogP contribution in [0.4, 0.5) is 4.39 Å². The third-order valence-electron chi connectivity index (χ3n) is 3.88. The molecule has 1 amide bonds.